The van der Waals surface area contributed by atoms with Crippen LogP contribution < -0.4 is 0 Å². The number of benzene rings is 10. The van der Waals surface area contributed by atoms with Gasteiger partial charge in [0, 0.05) is 0 Å². The fourth-order valence-electron chi connectivity index (χ4n) is 8.85. The SMILES string of the molecule is c1ccc(-c2cc(-c3ccccc3)cc(-c3c4c(c(-c5ccccc5)c5cc6ccccc6cc35)-c3cc5ccccc5c5cccc-4c35)c2)cc1. The van der Waals surface area contributed by atoms with Gasteiger partial charge >= 0.3 is 0 Å². The Morgan fingerprint density at radius 1 is 0.212 bits per heavy atom. The smallest absolute Gasteiger partial charge is 0.000719 e. The van der Waals surface area contributed by atoms with E-state index in [1.54, 1.807) is 0 Å². The van der Waals surface area contributed by atoms with Crippen LogP contribution in [0.15, 0.2) is 194 Å². The maximum Gasteiger partial charge on any atom is -0.000719 e. The van der Waals surface area contributed by atoms with Crippen LogP contribution in [0, 0.1) is 0 Å². The molecule has 0 aromatic heterocycles. The van der Waals surface area contributed by atoms with E-state index in [-0.39, 0.29) is 0 Å². The van der Waals surface area contributed by atoms with Gasteiger partial charge in [-0.05, 0) is 146 Å². The third-order valence-corrected chi connectivity index (χ3v) is 11.1. The first kappa shape index (κ1) is 29.0. The van der Waals surface area contributed by atoms with Crippen LogP contribution >= 0.6 is 0 Å². The van der Waals surface area contributed by atoms with E-state index in [0.29, 0.717) is 0 Å². The molecule has 0 atom stereocenters. The van der Waals surface area contributed by atoms with Gasteiger partial charge in [0.2, 0.25) is 0 Å². The molecule has 0 bridgehead atoms. The van der Waals surface area contributed by atoms with Crippen LogP contribution in [0.3, 0.4) is 0 Å². The van der Waals surface area contributed by atoms with Crippen molar-refractivity contribution in [3.63, 3.8) is 0 Å². The molecule has 0 heteroatoms. The normalized spacial score (nSPS) is 11.8. The molecule has 1 aliphatic rings. The molecule has 0 saturated carbocycles. The molecule has 0 nitrogen and oxygen atoms in total. The van der Waals surface area contributed by atoms with Crippen LogP contribution in [-0.2, 0) is 0 Å². The van der Waals surface area contributed by atoms with Crippen molar-refractivity contribution >= 4 is 43.1 Å². The first-order valence-electron chi connectivity index (χ1n) is 18.1. The molecule has 0 spiro atoms. The lowest BCUT2D eigenvalue weighted by Crippen LogP contribution is -1.95. The molecule has 1 aliphatic carbocycles. The molecule has 240 valence electrons. The van der Waals surface area contributed by atoms with E-state index >= 15 is 0 Å². The fraction of sp³-hybridized carbons (Fsp3) is 0. The van der Waals surface area contributed by atoms with E-state index in [2.05, 4.69) is 194 Å². The van der Waals surface area contributed by atoms with E-state index in [0.717, 1.165) is 0 Å². The molecular weight excluding hydrogens is 625 g/mol. The van der Waals surface area contributed by atoms with E-state index in [4.69, 9.17) is 0 Å². The Morgan fingerprint density at radius 2 is 0.673 bits per heavy atom. The molecular formula is C52H32. The third-order valence-electron chi connectivity index (χ3n) is 11.1. The summed E-state index contributed by atoms with van der Waals surface area (Å²) in [5.74, 6) is 0. The molecule has 0 fully saturated rings. The minimum Gasteiger partial charge on any atom is -0.0622 e. The number of rotatable bonds is 4. The summed E-state index contributed by atoms with van der Waals surface area (Å²) in [7, 11) is 0. The second-order valence-corrected chi connectivity index (χ2v) is 14.0. The van der Waals surface area contributed by atoms with Gasteiger partial charge < -0.3 is 0 Å². The van der Waals surface area contributed by atoms with Gasteiger partial charge in [0.1, 0.15) is 0 Å². The van der Waals surface area contributed by atoms with Crippen molar-refractivity contribution < 1.29 is 0 Å². The van der Waals surface area contributed by atoms with E-state index in [1.165, 1.54) is 110 Å². The highest BCUT2D eigenvalue weighted by Crippen LogP contribution is 2.59. The predicted molar refractivity (Wildman–Crippen MR) is 223 cm³/mol. The Hall–Kier alpha value is -6.76. The third kappa shape index (κ3) is 4.35. The van der Waals surface area contributed by atoms with Crippen molar-refractivity contribution in [3.8, 4) is 66.8 Å². The lowest BCUT2D eigenvalue weighted by atomic mass is 9.81. The van der Waals surface area contributed by atoms with Gasteiger partial charge in [0.05, 0.1) is 0 Å². The number of hydrogen-bond acceptors (Lipinski definition) is 0. The molecule has 0 radical (unpaired) electrons. The van der Waals surface area contributed by atoms with Gasteiger partial charge in [-0.25, -0.2) is 0 Å². The van der Waals surface area contributed by atoms with Gasteiger partial charge in [0.15, 0.2) is 0 Å². The van der Waals surface area contributed by atoms with Crippen molar-refractivity contribution in [2.24, 2.45) is 0 Å². The van der Waals surface area contributed by atoms with Gasteiger partial charge in [0.25, 0.3) is 0 Å². The van der Waals surface area contributed by atoms with Crippen molar-refractivity contribution in [3.05, 3.63) is 194 Å². The molecule has 11 rings (SSSR count). The van der Waals surface area contributed by atoms with Crippen molar-refractivity contribution in [1.29, 1.82) is 0 Å². The summed E-state index contributed by atoms with van der Waals surface area (Å²) in [6, 6.07) is 71.9. The summed E-state index contributed by atoms with van der Waals surface area (Å²) in [5, 5.41) is 10.3. The number of hydrogen-bond donors (Lipinski definition) is 0. The standard InChI is InChI=1S/C52H32/c1-4-15-33(16-5-1)39-27-40(34-17-6-2-7-18-34)29-41(28-39)49-46-31-37-22-11-10-21-36(37)30-45(46)48(35-19-8-3-9-20-35)52-47-32-38-23-12-13-24-42(38)43-25-14-26-44(50(43)47)51(49)52/h1-32H. The molecule has 0 amide bonds. The Kier molecular flexibility index (Phi) is 6.35. The zero-order chi connectivity index (χ0) is 34.2. The van der Waals surface area contributed by atoms with Crippen LogP contribution in [0.5, 0.6) is 0 Å². The summed E-state index contributed by atoms with van der Waals surface area (Å²) >= 11 is 0. The Morgan fingerprint density at radius 3 is 1.29 bits per heavy atom. The van der Waals surface area contributed by atoms with Gasteiger partial charge in [-0.3, -0.25) is 0 Å². The first-order chi connectivity index (χ1) is 25.8. The molecule has 0 aliphatic heterocycles. The monoisotopic (exact) mass is 656 g/mol. The lowest BCUT2D eigenvalue weighted by Gasteiger charge is -2.22. The van der Waals surface area contributed by atoms with E-state index < -0.39 is 0 Å². The first-order valence-corrected chi connectivity index (χ1v) is 18.1. The summed E-state index contributed by atoms with van der Waals surface area (Å²) in [6.45, 7) is 0. The van der Waals surface area contributed by atoms with E-state index in [9.17, 15) is 0 Å². The molecule has 52 heavy (non-hydrogen) atoms. The Balaban J connectivity index is 1.37. The maximum atomic E-state index is 2.45. The van der Waals surface area contributed by atoms with Crippen LogP contribution in [-0.4, -0.2) is 0 Å². The van der Waals surface area contributed by atoms with Crippen molar-refractivity contribution in [2.45, 2.75) is 0 Å². The summed E-state index contributed by atoms with van der Waals surface area (Å²) < 4.78 is 0. The Labute approximate surface area is 302 Å². The minimum atomic E-state index is 1.21. The molecule has 0 heterocycles. The van der Waals surface area contributed by atoms with Crippen molar-refractivity contribution in [2.75, 3.05) is 0 Å². The van der Waals surface area contributed by atoms with Gasteiger partial charge in [-0.15, -0.1) is 0 Å². The zero-order valence-corrected chi connectivity index (χ0v) is 28.5. The van der Waals surface area contributed by atoms with Gasteiger partial charge in [-0.1, -0.05) is 158 Å². The van der Waals surface area contributed by atoms with Gasteiger partial charge in [-0.2, -0.15) is 0 Å². The average Bonchev–Trinajstić information content (AvgIpc) is 3.54. The topological polar surface area (TPSA) is 0 Å². The summed E-state index contributed by atoms with van der Waals surface area (Å²) in [4.78, 5) is 0. The minimum absolute atomic E-state index is 1.21. The number of fused-ring (bicyclic) bond motifs is 7. The zero-order valence-electron chi connectivity index (χ0n) is 28.5. The quantitative estimate of drug-likeness (QED) is 0.131. The van der Waals surface area contributed by atoms with Crippen LogP contribution in [0.4, 0.5) is 0 Å². The highest BCUT2D eigenvalue weighted by atomic mass is 14.3. The maximum absolute atomic E-state index is 2.45. The van der Waals surface area contributed by atoms with Crippen LogP contribution in [0.25, 0.3) is 110 Å². The summed E-state index contributed by atoms with van der Waals surface area (Å²) in [6.07, 6.45) is 0. The second-order valence-electron chi connectivity index (χ2n) is 14.0. The lowest BCUT2D eigenvalue weighted by molar-refractivity contribution is 1.57. The molecule has 0 saturated heterocycles. The largest absolute Gasteiger partial charge is 0.0622 e. The molecule has 0 N–H and O–H groups in total. The average molecular weight is 657 g/mol. The Bertz CT molecular complexity index is 2970. The predicted octanol–water partition coefficient (Wildman–Crippen LogP) is 14.6. The molecule has 10 aromatic carbocycles. The van der Waals surface area contributed by atoms with E-state index in [1.807, 2.05) is 0 Å². The van der Waals surface area contributed by atoms with Crippen LogP contribution in [0.1, 0.15) is 0 Å². The molecule has 0 unspecified atom stereocenters. The highest BCUT2D eigenvalue weighted by Gasteiger charge is 2.31. The fourth-order valence-corrected chi connectivity index (χ4v) is 8.85. The summed E-state index contributed by atoms with van der Waals surface area (Å²) in [5.41, 5.74) is 15.2. The van der Waals surface area contributed by atoms with Crippen LogP contribution in [0.2, 0.25) is 0 Å². The molecule has 10 aromatic rings. The van der Waals surface area contributed by atoms with Crippen molar-refractivity contribution in [1.82, 2.24) is 0 Å². The highest BCUT2D eigenvalue weighted by molar-refractivity contribution is 6.31. The second kappa shape index (κ2) is 11.4.